The van der Waals surface area contributed by atoms with E-state index in [1.807, 2.05) is 12.1 Å². The van der Waals surface area contributed by atoms with Crippen LogP contribution in [0.4, 0.5) is 10.2 Å². The Labute approximate surface area is 169 Å². The van der Waals surface area contributed by atoms with Crippen LogP contribution in [0.2, 0.25) is 0 Å². The predicted molar refractivity (Wildman–Crippen MR) is 109 cm³/mol. The normalized spacial score (nSPS) is 13.1. The Bertz CT molecular complexity index is 991. The number of nitrogens with zero attached hydrogens (tertiary/aromatic N) is 2. The molecule has 0 saturated heterocycles. The summed E-state index contributed by atoms with van der Waals surface area (Å²) in [5, 5.41) is 0. The number of carbonyl (C=O) groups excluding carboxylic acids is 1. The zero-order valence-corrected chi connectivity index (χ0v) is 17.1. The Morgan fingerprint density at radius 2 is 1.89 bits per heavy atom. The molecule has 0 spiro atoms. The fraction of sp³-hybridized carbons (Fsp3) is 0.182. The van der Waals surface area contributed by atoms with Crippen LogP contribution in [-0.2, 0) is 11.2 Å². The van der Waals surface area contributed by atoms with Crippen LogP contribution in [0.3, 0.4) is 0 Å². The second-order valence-electron chi connectivity index (χ2n) is 6.50. The Morgan fingerprint density at radius 3 is 2.57 bits per heavy atom. The number of fused-ring (bicyclic) bond motifs is 1. The van der Waals surface area contributed by atoms with Gasteiger partial charge >= 0.3 is 169 Å². The van der Waals surface area contributed by atoms with Crippen molar-refractivity contribution in [2.75, 3.05) is 18.6 Å². The van der Waals surface area contributed by atoms with E-state index >= 15 is 0 Å². The molecule has 3 aromatic rings. The van der Waals surface area contributed by atoms with Crippen molar-refractivity contribution in [3.63, 3.8) is 0 Å². The van der Waals surface area contributed by atoms with E-state index in [2.05, 4.69) is 18.2 Å². The molecule has 28 heavy (non-hydrogen) atoms. The monoisotopic (exact) mass is 442 g/mol. The van der Waals surface area contributed by atoms with Crippen molar-refractivity contribution in [3.8, 4) is 17.0 Å². The van der Waals surface area contributed by atoms with E-state index in [1.165, 1.54) is 16.6 Å². The molecule has 2 aromatic carbocycles. The third-order valence-corrected chi connectivity index (χ3v) is 6.87. The molecule has 0 bridgehead atoms. The van der Waals surface area contributed by atoms with E-state index in [0.717, 1.165) is 52.1 Å². The van der Waals surface area contributed by atoms with E-state index in [-0.39, 0.29) is 20.8 Å². The second kappa shape index (κ2) is 8.13. The summed E-state index contributed by atoms with van der Waals surface area (Å²) in [6.45, 7) is 0.676. The van der Waals surface area contributed by atoms with Crippen LogP contribution in [0.15, 0.2) is 54.6 Å². The van der Waals surface area contributed by atoms with Crippen LogP contribution < -0.4 is 18.6 Å². The molecule has 1 aromatic heterocycles. The van der Waals surface area contributed by atoms with Crippen molar-refractivity contribution < 1.29 is 13.9 Å². The van der Waals surface area contributed by atoms with Crippen LogP contribution in [-0.4, -0.2) is 40.0 Å². The van der Waals surface area contributed by atoms with Crippen molar-refractivity contribution in [2.45, 2.75) is 12.8 Å². The number of rotatable bonds is 5. The quantitative estimate of drug-likeness (QED) is 0.452. The van der Waals surface area contributed by atoms with Gasteiger partial charge in [-0.2, -0.15) is 0 Å². The first-order chi connectivity index (χ1) is 13.7. The molecule has 0 fully saturated rings. The van der Waals surface area contributed by atoms with Crippen molar-refractivity contribution in [2.24, 2.45) is 0 Å². The molecule has 6 heteroatoms. The third kappa shape index (κ3) is 3.79. The maximum absolute atomic E-state index is 13.4. The molecule has 0 saturated carbocycles. The van der Waals surface area contributed by atoms with Gasteiger partial charge in [0.25, 0.3) is 0 Å². The number of amides is 1. The van der Waals surface area contributed by atoms with Crippen molar-refractivity contribution >= 4 is 36.1 Å². The first-order valence-corrected chi connectivity index (χ1v) is 10.7. The number of benzene rings is 2. The number of anilines is 1. The third-order valence-electron chi connectivity index (χ3n) is 4.69. The van der Waals surface area contributed by atoms with Crippen LogP contribution >= 0.6 is 0 Å². The topological polar surface area (TPSA) is 42.4 Å². The minimum atomic E-state index is -0.279. The number of aromatic nitrogens is 1. The fourth-order valence-corrected chi connectivity index (χ4v) is 5.34. The number of hydrogen-bond donors (Lipinski definition) is 0. The first-order valence-electron chi connectivity index (χ1n) is 9.01. The van der Waals surface area contributed by atoms with Gasteiger partial charge < -0.3 is 0 Å². The zero-order valence-electron chi connectivity index (χ0n) is 15.4. The summed E-state index contributed by atoms with van der Waals surface area (Å²) in [7, 11) is 1.65. The molecule has 0 N–H and O–H groups in total. The fourth-order valence-electron chi connectivity index (χ4n) is 3.27. The van der Waals surface area contributed by atoms with Gasteiger partial charge in [-0.15, -0.1) is 0 Å². The van der Waals surface area contributed by atoms with Crippen LogP contribution in [0.25, 0.3) is 11.3 Å². The number of halogens is 1. The van der Waals surface area contributed by atoms with Gasteiger partial charge in [-0.25, -0.2) is 0 Å². The molecular formula is C22H19FN2O2Se. The molecule has 4 nitrogen and oxygen atoms in total. The predicted octanol–water partition coefficient (Wildman–Crippen LogP) is 2.46. The summed E-state index contributed by atoms with van der Waals surface area (Å²) in [6, 6.07) is 16.6. The number of aryl methyl sites for hydroxylation is 1. The van der Waals surface area contributed by atoms with E-state index in [0.29, 0.717) is 6.54 Å². The van der Waals surface area contributed by atoms with Crippen LogP contribution in [0, 0.1) is 5.82 Å². The average molecular weight is 441 g/mol. The minimum absolute atomic E-state index is 0.0154. The van der Waals surface area contributed by atoms with Gasteiger partial charge in [0.05, 0.1) is 0 Å². The van der Waals surface area contributed by atoms with E-state index in [1.54, 1.807) is 24.1 Å². The maximum atomic E-state index is 13.4. The first kappa shape index (κ1) is 18.7. The number of pyridine rings is 1. The summed E-state index contributed by atoms with van der Waals surface area (Å²) in [5.74, 6) is 1.26. The van der Waals surface area contributed by atoms with Gasteiger partial charge in [0.1, 0.15) is 0 Å². The molecule has 2 heterocycles. The molecule has 1 amide bonds. The Kier molecular flexibility index (Phi) is 5.42. The SMILES string of the molecule is COc1ccc([Se]c2cc3c(nc2-c2ccc(F)cc2)N(C=O)CCC3)cc1. The van der Waals surface area contributed by atoms with E-state index in [4.69, 9.17) is 9.72 Å². The van der Waals surface area contributed by atoms with Gasteiger partial charge in [0.2, 0.25) is 0 Å². The van der Waals surface area contributed by atoms with Crippen LogP contribution in [0.1, 0.15) is 12.0 Å². The summed E-state index contributed by atoms with van der Waals surface area (Å²) in [4.78, 5) is 18.0. The van der Waals surface area contributed by atoms with Gasteiger partial charge in [0, 0.05) is 0 Å². The van der Waals surface area contributed by atoms with Gasteiger partial charge in [-0.05, 0) is 0 Å². The molecule has 0 aliphatic carbocycles. The van der Waals surface area contributed by atoms with Gasteiger partial charge in [-0.3, -0.25) is 0 Å². The summed E-state index contributed by atoms with van der Waals surface area (Å²) in [5.41, 5.74) is 2.75. The summed E-state index contributed by atoms with van der Waals surface area (Å²) >= 11 is 0.0154. The number of hydrogen-bond acceptors (Lipinski definition) is 3. The summed E-state index contributed by atoms with van der Waals surface area (Å²) in [6.07, 6.45) is 2.67. The standard InChI is InChI=1S/C22H19FN2O2Se/c1-27-18-8-10-19(11-9-18)28-20-13-16-3-2-12-25(14-26)22(16)24-21(20)15-4-6-17(23)7-5-15/h4-11,13-14H,2-3,12H2,1H3. The Morgan fingerprint density at radius 1 is 1.14 bits per heavy atom. The second-order valence-corrected chi connectivity index (χ2v) is 8.84. The molecule has 0 radical (unpaired) electrons. The van der Waals surface area contributed by atoms with Crippen LogP contribution in [0.5, 0.6) is 5.75 Å². The molecular weight excluding hydrogens is 422 g/mol. The Balaban J connectivity index is 1.80. The molecule has 142 valence electrons. The van der Waals surface area contributed by atoms with E-state index < -0.39 is 0 Å². The zero-order chi connectivity index (χ0) is 19.5. The van der Waals surface area contributed by atoms with Crippen molar-refractivity contribution in [3.05, 3.63) is 66.0 Å². The van der Waals surface area contributed by atoms with Crippen molar-refractivity contribution in [1.29, 1.82) is 0 Å². The van der Waals surface area contributed by atoms with E-state index in [9.17, 15) is 9.18 Å². The summed E-state index contributed by atoms with van der Waals surface area (Å²) < 4.78 is 21.0. The molecule has 4 rings (SSSR count). The number of carbonyl (C=O) groups is 1. The molecule has 1 aliphatic rings. The molecule has 1 aliphatic heterocycles. The van der Waals surface area contributed by atoms with Gasteiger partial charge in [0.15, 0.2) is 0 Å². The average Bonchev–Trinajstić information content (AvgIpc) is 2.74. The number of ether oxygens (including phenoxy) is 1. The molecule has 0 unspecified atom stereocenters. The molecule has 0 atom stereocenters. The van der Waals surface area contributed by atoms with Gasteiger partial charge in [-0.1, -0.05) is 0 Å². The van der Waals surface area contributed by atoms with Crippen molar-refractivity contribution in [1.82, 2.24) is 4.98 Å². The Hall–Kier alpha value is -2.69. The number of methoxy groups -OCH3 is 1.